The Kier molecular flexibility index (Phi) is 3.29. The second-order valence-electron chi connectivity index (χ2n) is 2.69. The Morgan fingerprint density at radius 2 is 1.25 bits per heavy atom. The van der Waals surface area contributed by atoms with Crippen molar-refractivity contribution in [2.45, 2.75) is 38.8 Å². The quantitative estimate of drug-likeness (QED) is 0.401. The highest BCUT2D eigenvalue weighted by molar-refractivity contribution is 6.54. The van der Waals surface area contributed by atoms with Gasteiger partial charge in [0.05, 0.1) is 0 Å². The monoisotopic (exact) mass is 133 g/mol. The molecule has 0 aromatic rings. The maximum absolute atomic E-state index is 12.8. The maximum atomic E-state index is 12.8. The van der Waals surface area contributed by atoms with E-state index in [1.54, 1.807) is 0 Å². The molecule has 0 amide bonds. The average Bonchev–Trinajstić information content (AvgIpc) is 1.64. The van der Waals surface area contributed by atoms with Gasteiger partial charge >= 0.3 is 0 Å². The third-order valence-electron chi connectivity index (χ3n) is 1.10. The Balaban J connectivity index is 3.46. The summed E-state index contributed by atoms with van der Waals surface area (Å²) in [5.74, 6) is 0. The van der Waals surface area contributed by atoms with E-state index >= 15 is 0 Å². The van der Waals surface area contributed by atoms with Crippen LogP contribution in [0.2, 0.25) is 11.1 Å². The normalized spacial score (nSPS) is 12.0. The van der Waals surface area contributed by atoms with Crippen LogP contribution in [-0.2, 0) is 0 Å². The van der Waals surface area contributed by atoms with E-state index in [0.29, 0.717) is 0 Å². The largest absolute Gasteiger partial charge is 0.314 e. The Bertz CT molecular complexity index is 53.5. The van der Waals surface area contributed by atoms with Crippen molar-refractivity contribution >= 4 is 9.13 Å². The topological polar surface area (TPSA) is 0 Å². The SMILES string of the molecule is CC(C)[Si](F)C(C)C. The predicted molar refractivity (Wildman–Crippen MR) is 37.1 cm³/mol. The van der Waals surface area contributed by atoms with Crippen LogP contribution in [0.4, 0.5) is 4.11 Å². The Morgan fingerprint density at radius 1 is 1.00 bits per heavy atom. The molecule has 0 atom stereocenters. The van der Waals surface area contributed by atoms with Gasteiger partial charge in [0, 0.05) is 0 Å². The summed E-state index contributed by atoms with van der Waals surface area (Å²) in [5, 5.41) is 0. The zero-order chi connectivity index (χ0) is 6.73. The number of halogens is 1. The van der Waals surface area contributed by atoms with Crippen molar-refractivity contribution in [1.29, 1.82) is 0 Å². The number of hydrogen-bond acceptors (Lipinski definition) is 0. The molecule has 0 aromatic heterocycles. The van der Waals surface area contributed by atoms with E-state index in [2.05, 4.69) is 0 Å². The summed E-state index contributed by atoms with van der Waals surface area (Å²) in [4.78, 5) is 0. The molecule has 0 rings (SSSR count). The van der Waals surface area contributed by atoms with Gasteiger partial charge in [0.25, 0.3) is 9.13 Å². The third-order valence-corrected chi connectivity index (χ3v) is 3.31. The van der Waals surface area contributed by atoms with Crippen molar-refractivity contribution in [1.82, 2.24) is 0 Å². The number of rotatable bonds is 2. The van der Waals surface area contributed by atoms with Crippen LogP contribution < -0.4 is 0 Å². The first-order valence-corrected chi connectivity index (χ1v) is 4.61. The lowest BCUT2D eigenvalue weighted by Crippen LogP contribution is -2.13. The van der Waals surface area contributed by atoms with E-state index in [0.717, 1.165) is 0 Å². The molecular formula is C6H14FSi. The van der Waals surface area contributed by atoms with Gasteiger partial charge in [-0.05, 0) is 11.1 Å². The summed E-state index contributed by atoms with van der Waals surface area (Å²) in [6.45, 7) is 7.81. The highest BCUT2D eigenvalue weighted by atomic mass is 28.3. The molecule has 0 aliphatic heterocycles. The second kappa shape index (κ2) is 3.23. The fraction of sp³-hybridized carbons (Fsp3) is 1.00. The minimum absolute atomic E-state index is 0.278. The van der Waals surface area contributed by atoms with Crippen LogP contribution >= 0.6 is 0 Å². The first-order chi connectivity index (χ1) is 3.55. The van der Waals surface area contributed by atoms with Crippen LogP contribution in [0.5, 0.6) is 0 Å². The molecule has 8 heavy (non-hydrogen) atoms. The molecule has 1 radical (unpaired) electrons. The van der Waals surface area contributed by atoms with Crippen molar-refractivity contribution in [3.8, 4) is 0 Å². The van der Waals surface area contributed by atoms with Gasteiger partial charge in [-0.25, -0.2) is 0 Å². The molecule has 0 nitrogen and oxygen atoms in total. The summed E-state index contributed by atoms with van der Waals surface area (Å²) in [6.07, 6.45) is 0. The van der Waals surface area contributed by atoms with Crippen LogP contribution in [0.3, 0.4) is 0 Å². The summed E-state index contributed by atoms with van der Waals surface area (Å²) < 4.78 is 12.8. The third kappa shape index (κ3) is 2.45. The smallest absolute Gasteiger partial charge is 0.276 e. The van der Waals surface area contributed by atoms with Gasteiger partial charge in [-0.3, -0.25) is 0 Å². The van der Waals surface area contributed by atoms with Gasteiger partial charge in [-0.1, -0.05) is 27.7 Å². The number of hydrogen-bond donors (Lipinski definition) is 0. The van der Waals surface area contributed by atoms with Crippen molar-refractivity contribution in [2.24, 2.45) is 0 Å². The molecule has 49 valence electrons. The van der Waals surface area contributed by atoms with Crippen molar-refractivity contribution in [3.05, 3.63) is 0 Å². The first-order valence-electron chi connectivity index (χ1n) is 3.08. The highest BCUT2D eigenvalue weighted by Crippen LogP contribution is 2.19. The van der Waals surface area contributed by atoms with Crippen LogP contribution in [0.25, 0.3) is 0 Å². The van der Waals surface area contributed by atoms with E-state index in [1.807, 2.05) is 27.7 Å². The molecule has 0 aromatic carbocycles. The Labute approximate surface area is 52.9 Å². The molecule has 0 aliphatic carbocycles. The predicted octanol–water partition coefficient (Wildman–Crippen LogP) is 2.77. The van der Waals surface area contributed by atoms with Crippen LogP contribution in [0, 0.1) is 0 Å². The molecule has 2 heteroatoms. The Morgan fingerprint density at radius 3 is 1.25 bits per heavy atom. The molecule has 0 fully saturated rings. The second-order valence-corrected chi connectivity index (χ2v) is 5.77. The van der Waals surface area contributed by atoms with Gasteiger partial charge < -0.3 is 4.11 Å². The first kappa shape index (κ1) is 8.15. The van der Waals surface area contributed by atoms with Gasteiger partial charge in [0.15, 0.2) is 0 Å². The lowest BCUT2D eigenvalue weighted by Gasteiger charge is -2.10. The van der Waals surface area contributed by atoms with Crippen LogP contribution in [0.1, 0.15) is 27.7 Å². The minimum atomic E-state index is -1.52. The van der Waals surface area contributed by atoms with Crippen molar-refractivity contribution in [3.63, 3.8) is 0 Å². The highest BCUT2D eigenvalue weighted by Gasteiger charge is 2.19. The van der Waals surface area contributed by atoms with Gasteiger partial charge in [-0.2, -0.15) is 0 Å². The molecule has 0 N–H and O–H groups in total. The molecule has 0 heterocycles. The van der Waals surface area contributed by atoms with Crippen molar-refractivity contribution < 1.29 is 4.11 Å². The fourth-order valence-corrected chi connectivity index (χ4v) is 2.00. The van der Waals surface area contributed by atoms with E-state index in [9.17, 15) is 4.11 Å². The molecule has 0 unspecified atom stereocenters. The fourth-order valence-electron chi connectivity index (χ4n) is 0.667. The molecule has 0 saturated heterocycles. The van der Waals surface area contributed by atoms with E-state index in [-0.39, 0.29) is 11.1 Å². The van der Waals surface area contributed by atoms with Crippen LogP contribution in [0.15, 0.2) is 0 Å². The average molecular weight is 133 g/mol. The lowest BCUT2D eigenvalue weighted by molar-refractivity contribution is 0.729. The van der Waals surface area contributed by atoms with E-state index in [1.165, 1.54) is 0 Å². The van der Waals surface area contributed by atoms with Crippen LogP contribution in [-0.4, -0.2) is 9.13 Å². The zero-order valence-electron chi connectivity index (χ0n) is 6.03. The molecule has 0 spiro atoms. The summed E-state index contributed by atoms with van der Waals surface area (Å²) in [7, 11) is -1.52. The van der Waals surface area contributed by atoms with Gasteiger partial charge in [0.2, 0.25) is 0 Å². The maximum Gasteiger partial charge on any atom is 0.276 e. The lowest BCUT2D eigenvalue weighted by atomic mass is 10.5. The molecule has 0 saturated carbocycles. The van der Waals surface area contributed by atoms with E-state index in [4.69, 9.17) is 0 Å². The summed E-state index contributed by atoms with van der Waals surface area (Å²) in [5.41, 5.74) is 0.556. The van der Waals surface area contributed by atoms with Gasteiger partial charge in [-0.15, -0.1) is 0 Å². The minimum Gasteiger partial charge on any atom is -0.314 e. The van der Waals surface area contributed by atoms with Crippen molar-refractivity contribution in [2.75, 3.05) is 0 Å². The zero-order valence-corrected chi connectivity index (χ0v) is 7.03. The molecule has 0 bridgehead atoms. The van der Waals surface area contributed by atoms with Gasteiger partial charge in [0.1, 0.15) is 0 Å². The van der Waals surface area contributed by atoms with E-state index < -0.39 is 9.13 Å². The summed E-state index contributed by atoms with van der Waals surface area (Å²) >= 11 is 0. The summed E-state index contributed by atoms with van der Waals surface area (Å²) in [6, 6.07) is 0. The standard InChI is InChI=1S/C6H14FSi/c1-5(2)8(7)6(3)4/h5-6H,1-4H3. The molecule has 0 aliphatic rings. The Hall–Kier alpha value is 0.147. The molecular weight excluding hydrogens is 119 g/mol.